The van der Waals surface area contributed by atoms with Gasteiger partial charge in [0.25, 0.3) is 0 Å². The van der Waals surface area contributed by atoms with E-state index in [4.69, 9.17) is 5.73 Å². The fourth-order valence-electron chi connectivity index (χ4n) is 3.61. The van der Waals surface area contributed by atoms with Crippen LogP contribution in [-0.4, -0.2) is 31.1 Å². The average Bonchev–Trinajstić information content (AvgIpc) is 2.86. The molecular weight excluding hydrogens is 184 g/mol. The topological polar surface area (TPSA) is 29.3 Å². The van der Waals surface area contributed by atoms with Crippen molar-refractivity contribution in [2.24, 2.45) is 17.6 Å². The zero-order chi connectivity index (χ0) is 10.7. The molecule has 0 aromatic carbocycles. The zero-order valence-electron chi connectivity index (χ0n) is 10.1. The van der Waals surface area contributed by atoms with Crippen LogP contribution in [0.3, 0.4) is 0 Å². The highest BCUT2D eigenvalue weighted by Gasteiger charge is 2.30. The predicted octanol–water partition coefficient (Wildman–Crippen LogP) is 2.24. The predicted molar refractivity (Wildman–Crippen MR) is 64.8 cm³/mol. The number of nitrogens with two attached hydrogens (primary N) is 1. The van der Waals surface area contributed by atoms with E-state index in [1.807, 2.05) is 0 Å². The zero-order valence-corrected chi connectivity index (χ0v) is 10.1. The lowest BCUT2D eigenvalue weighted by atomic mass is 10.0. The molecule has 0 amide bonds. The molecule has 15 heavy (non-hydrogen) atoms. The Hall–Kier alpha value is -0.0800. The summed E-state index contributed by atoms with van der Waals surface area (Å²) in [5.74, 6) is 1.76. The fourth-order valence-corrected chi connectivity index (χ4v) is 3.61. The summed E-state index contributed by atoms with van der Waals surface area (Å²) in [6.45, 7) is 2.21. The van der Waals surface area contributed by atoms with Gasteiger partial charge in [-0.15, -0.1) is 0 Å². The normalized spacial score (nSPS) is 33.0. The molecular formula is C13H26N2. The summed E-state index contributed by atoms with van der Waals surface area (Å²) in [6, 6.07) is 0.788. The molecule has 2 saturated carbocycles. The lowest BCUT2D eigenvalue weighted by Gasteiger charge is -2.31. The van der Waals surface area contributed by atoms with Crippen molar-refractivity contribution >= 4 is 0 Å². The van der Waals surface area contributed by atoms with Crippen LogP contribution in [0.2, 0.25) is 0 Å². The van der Waals surface area contributed by atoms with Crippen LogP contribution in [0.1, 0.15) is 44.9 Å². The third-order valence-electron chi connectivity index (χ3n) is 4.51. The minimum Gasteiger partial charge on any atom is -0.330 e. The maximum absolute atomic E-state index is 5.84. The van der Waals surface area contributed by atoms with Gasteiger partial charge in [0, 0.05) is 12.6 Å². The molecule has 0 heterocycles. The number of nitrogens with zero attached hydrogens (tertiary/aromatic N) is 1. The summed E-state index contributed by atoms with van der Waals surface area (Å²) >= 11 is 0. The average molecular weight is 210 g/mol. The summed E-state index contributed by atoms with van der Waals surface area (Å²) in [5, 5.41) is 0. The minimum atomic E-state index is 0.774. The SMILES string of the molecule is CN(CC1CCCC1)C1CCCC1CN. The first-order chi connectivity index (χ1) is 7.31. The maximum atomic E-state index is 5.84. The molecule has 2 unspecified atom stereocenters. The van der Waals surface area contributed by atoms with Crippen LogP contribution >= 0.6 is 0 Å². The Kier molecular flexibility index (Phi) is 4.04. The summed E-state index contributed by atoms with van der Waals surface area (Å²) in [7, 11) is 2.32. The van der Waals surface area contributed by atoms with Gasteiger partial charge in [-0.2, -0.15) is 0 Å². The van der Waals surface area contributed by atoms with E-state index < -0.39 is 0 Å². The second-order valence-electron chi connectivity index (χ2n) is 5.58. The lowest BCUT2D eigenvalue weighted by molar-refractivity contribution is 0.173. The molecule has 2 aliphatic rings. The molecule has 2 heteroatoms. The molecule has 0 aromatic rings. The molecule has 2 atom stereocenters. The molecule has 2 rings (SSSR count). The molecule has 0 radical (unpaired) electrons. The molecule has 0 aliphatic heterocycles. The van der Waals surface area contributed by atoms with Gasteiger partial charge >= 0.3 is 0 Å². The van der Waals surface area contributed by atoms with Crippen LogP contribution in [0.5, 0.6) is 0 Å². The van der Waals surface area contributed by atoms with Crippen LogP contribution in [0.25, 0.3) is 0 Å². The second kappa shape index (κ2) is 5.31. The Labute approximate surface area is 94.2 Å². The van der Waals surface area contributed by atoms with Crippen molar-refractivity contribution in [1.29, 1.82) is 0 Å². The third-order valence-corrected chi connectivity index (χ3v) is 4.51. The van der Waals surface area contributed by atoms with Crippen LogP contribution in [-0.2, 0) is 0 Å². The summed E-state index contributed by atoms with van der Waals surface area (Å²) in [5.41, 5.74) is 5.84. The number of rotatable bonds is 4. The lowest BCUT2D eigenvalue weighted by Crippen LogP contribution is -2.39. The van der Waals surface area contributed by atoms with E-state index in [2.05, 4.69) is 11.9 Å². The van der Waals surface area contributed by atoms with Crippen molar-refractivity contribution in [1.82, 2.24) is 4.90 Å². The maximum Gasteiger partial charge on any atom is 0.0133 e. The Bertz CT molecular complexity index is 187. The molecule has 0 spiro atoms. The first kappa shape index (κ1) is 11.4. The smallest absolute Gasteiger partial charge is 0.0133 e. The fraction of sp³-hybridized carbons (Fsp3) is 1.00. The Balaban J connectivity index is 1.80. The van der Waals surface area contributed by atoms with E-state index in [0.717, 1.165) is 24.4 Å². The molecule has 0 bridgehead atoms. The highest BCUT2D eigenvalue weighted by molar-refractivity contribution is 4.86. The van der Waals surface area contributed by atoms with E-state index in [-0.39, 0.29) is 0 Å². The molecule has 2 fully saturated rings. The van der Waals surface area contributed by atoms with Crippen LogP contribution in [0.15, 0.2) is 0 Å². The van der Waals surface area contributed by atoms with Gasteiger partial charge in [0.15, 0.2) is 0 Å². The Morgan fingerprint density at radius 3 is 2.47 bits per heavy atom. The number of hydrogen-bond acceptors (Lipinski definition) is 2. The van der Waals surface area contributed by atoms with Crippen LogP contribution < -0.4 is 5.73 Å². The van der Waals surface area contributed by atoms with E-state index >= 15 is 0 Å². The van der Waals surface area contributed by atoms with Gasteiger partial charge in [0.05, 0.1) is 0 Å². The second-order valence-corrected chi connectivity index (χ2v) is 5.58. The molecule has 2 N–H and O–H groups in total. The summed E-state index contributed by atoms with van der Waals surface area (Å²) in [6.07, 6.45) is 9.98. The molecule has 2 nitrogen and oxygen atoms in total. The quantitative estimate of drug-likeness (QED) is 0.771. The monoisotopic (exact) mass is 210 g/mol. The van der Waals surface area contributed by atoms with E-state index in [9.17, 15) is 0 Å². The van der Waals surface area contributed by atoms with Crippen molar-refractivity contribution < 1.29 is 0 Å². The van der Waals surface area contributed by atoms with Crippen molar-refractivity contribution in [3.63, 3.8) is 0 Å². The first-order valence-electron chi connectivity index (χ1n) is 6.71. The van der Waals surface area contributed by atoms with Crippen molar-refractivity contribution in [3.05, 3.63) is 0 Å². The van der Waals surface area contributed by atoms with Crippen molar-refractivity contribution in [2.75, 3.05) is 20.1 Å². The van der Waals surface area contributed by atoms with Gasteiger partial charge in [0.2, 0.25) is 0 Å². The largest absolute Gasteiger partial charge is 0.330 e. The van der Waals surface area contributed by atoms with Gasteiger partial charge in [-0.25, -0.2) is 0 Å². The summed E-state index contributed by atoms with van der Waals surface area (Å²) < 4.78 is 0. The Morgan fingerprint density at radius 1 is 1.07 bits per heavy atom. The first-order valence-corrected chi connectivity index (χ1v) is 6.71. The molecule has 88 valence electrons. The van der Waals surface area contributed by atoms with Crippen LogP contribution in [0.4, 0.5) is 0 Å². The number of hydrogen-bond donors (Lipinski definition) is 1. The van der Waals surface area contributed by atoms with Crippen molar-refractivity contribution in [2.45, 2.75) is 51.0 Å². The van der Waals surface area contributed by atoms with E-state index in [0.29, 0.717) is 0 Å². The molecule has 2 aliphatic carbocycles. The van der Waals surface area contributed by atoms with Gasteiger partial charge in [-0.05, 0) is 51.1 Å². The third kappa shape index (κ3) is 2.73. The van der Waals surface area contributed by atoms with E-state index in [1.54, 1.807) is 0 Å². The standard InChI is InChI=1S/C13H26N2/c1-15(10-11-5-2-3-6-11)13-8-4-7-12(13)9-14/h11-13H,2-10,14H2,1H3. The highest BCUT2D eigenvalue weighted by Crippen LogP contribution is 2.31. The molecule has 0 saturated heterocycles. The van der Waals surface area contributed by atoms with Crippen LogP contribution in [0, 0.1) is 11.8 Å². The van der Waals surface area contributed by atoms with Gasteiger partial charge < -0.3 is 10.6 Å². The molecule has 0 aromatic heterocycles. The van der Waals surface area contributed by atoms with E-state index in [1.165, 1.54) is 51.5 Å². The van der Waals surface area contributed by atoms with Crippen molar-refractivity contribution in [3.8, 4) is 0 Å². The van der Waals surface area contributed by atoms with Gasteiger partial charge in [-0.1, -0.05) is 19.3 Å². The minimum absolute atomic E-state index is 0.774. The summed E-state index contributed by atoms with van der Waals surface area (Å²) in [4.78, 5) is 2.61. The van der Waals surface area contributed by atoms with Gasteiger partial charge in [-0.3, -0.25) is 0 Å². The highest BCUT2D eigenvalue weighted by atomic mass is 15.1. The Morgan fingerprint density at radius 2 is 1.80 bits per heavy atom. The van der Waals surface area contributed by atoms with Gasteiger partial charge in [0.1, 0.15) is 0 Å².